The summed E-state index contributed by atoms with van der Waals surface area (Å²) in [4.78, 5) is 12.7. The Morgan fingerprint density at radius 1 is 1.00 bits per heavy atom. The van der Waals surface area contributed by atoms with E-state index < -0.39 is 6.10 Å². The topological polar surface area (TPSA) is 127 Å². The number of benzene rings is 2. The molecule has 33 heavy (non-hydrogen) atoms. The number of methoxy groups -OCH3 is 1. The van der Waals surface area contributed by atoms with Gasteiger partial charge in [-0.3, -0.25) is 4.79 Å². The number of ketones is 1. The molecule has 1 aliphatic rings. The van der Waals surface area contributed by atoms with Crippen molar-refractivity contribution in [2.75, 3.05) is 7.11 Å². The summed E-state index contributed by atoms with van der Waals surface area (Å²) in [5.74, 6) is -0.213. The van der Waals surface area contributed by atoms with Crippen molar-refractivity contribution in [3.05, 3.63) is 47.0 Å². The van der Waals surface area contributed by atoms with E-state index in [-0.39, 0.29) is 53.6 Å². The van der Waals surface area contributed by atoms with Crippen LogP contribution in [0, 0.1) is 0 Å². The summed E-state index contributed by atoms with van der Waals surface area (Å²) in [5, 5.41) is 49.9. The normalized spacial score (nSPS) is 16.3. The molecule has 0 aliphatic heterocycles. The minimum absolute atomic E-state index is 0.0233. The number of ether oxygens (including phenoxy) is 1. The molecule has 3 rings (SSSR count). The summed E-state index contributed by atoms with van der Waals surface area (Å²) in [6.07, 6.45) is 5.03. The maximum atomic E-state index is 12.7. The summed E-state index contributed by atoms with van der Waals surface area (Å²) in [5.41, 5.74) is 1.80. The first-order chi connectivity index (χ1) is 15.8. The molecule has 0 radical (unpaired) electrons. The number of aromatic hydroxyl groups is 3. The van der Waals surface area contributed by atoms with Crippen LogP contribution in [-0.2, 0) is 23.2 Å². The molecule has 7 heteroatoms. The third kappa shape index (κ3) is 5.97. The van der Waals surface area contributed by atoms with Crippen LogP contribution >= 0.6 is 0 Å². The molecule has 180 valence electrons. The number of carbonyl (C=O) groups excluding carboxylic acids is 1. The van der Waals surface area contributed by atoms with Gasteiger partial charge in [-0.15, -0.1) is 0 Å². The zero-order chi connectivity index (χ0) is 24.0. The fourth-order valence-corrected chi connectivity index (χ4v) is 5.05. The molecule has 0 saturated heterocycles. The molecule has 2 aromatic carbocycles. The summed E-state index contributed by atoms with van der Waals surface area (Å²) in [6.45, 7) is -0.258. The van der Waals surface area contributed by atoms with E-state index in [0.717, 1.165) is 43.2 Å². The molecule has 1 atom stereocenters. The summed E-state index contributed by atoms with van der Waals surface area (Å²) < 4.78 is 5.12. The van der Waals surface area contributed by atoms with Crippen LogP contribution in [0.3, 0.4) is 0 Å². The predicted molar refractivity (Wildman–Crippen MR) is 124 cm³/mol. The number of carbonyl (C=O) groups is 1. The molecule has 0 spiro atoms. The van der Waals surface area contributed by atoms with Crippen molar-refractivity contribution in [1.29, 1.82) is 0 Å². The SMILES string of the molecule is COc1cc(CCC(=O)C[C@H](O)CC2(c3ccc(O)c(O)c3)CCCCC2)c(CO)cc1O. The first kappa shape index (κ1) is 24.9. The van der Waals surface area contributed by atoms with Crippen LogP contribution in [0.5, 0.6) is 23.0 Å². The van der Waals surface area contributed by atoms with Gasteiger partial charge in [-0.2, -0.15) is 0 Å². The van der Waals surface area contributed by atoms with Crippen molar-refractivity contribution < 1.29 is 35.1 Å². The maximum Gasteiger partial charge on any atom is 0.160 e. The molecular formula is C26H34O7. The number of phenols is 3. The van der Waals surface area contributed by atoms with Gasteiger partial charge in [0, 0.05) is 12.8 Å². The van der Waals surface area contributed by atoms with E-state index in [1.165, 1.54) is 19.2 Å². The van der Waals surface area contributed by atoms with Crippen LogP contribution in [-0.4, -0.2) is 44.5 Å². The van der Waals surface area contributed by atoms with E-state index in [1.54, 1.807) is 18.2 Å². The Morgan fingerprint density at radius 2 is 1.73 bits per heavy atom. The standard InChI is InChI=1S/C26H34O7/c1-33-25-12-17(18(16-27)11-24(25)32)5-7-20(28)14-21(29)15-26(9-3-2-4-10-26)19-6-8-22(30)23(31)13-19/h6,8,11-13,21,27,29-32H,2-5,7,9-10,14-16H2,1H3/t21-/m0/s1. The van der Waals surface area contributed by atoms with Gasteiger partial charge in [0.1, 0.15) is 5.78 Å². The first-order valence-corrected chi connectivity index (χ1v) is 11.5. The molecule has 0 amide bonds. The van der Waals surface area contributed by atoms with Crippen molar-refractivity contribution in [3.63, 3.8) is 0 Å². The minimum atomic E-state index is -0.821. The lowest BCUT2D eigenvalue weighted by Gasteiger charge is -2.39. The van der Waals surface area contributed by atoms with Gasteiger partial charge in [-0.05, 0) is 72.1 Å². The number of hydrogen-bond acceptors (Lipinski definition) is 7. The van der Waals surface area contributed by atoms with Crippen molar-refractivity contribution in [2.45, 2.75) is 75.9 Å². The van der Waals surface area contributed by atoms with E-state index in [9.17, 15) is 30.3 Å². The van der Waals surface area contributed by atoms with Gasteiger partial charge in [0.25, 0.3) is 0 Å². The summed E-state index contributed by atoms with van der Waals surface area (Å²) in [6, 6.07) is 7.91. The number of aryl methyl sites for hydroxylation is 1. The Labute approximate surface area is 194 Å². The average Bonchev–Trinajstić information content (AvgIpc) is 2.80. The lowest BCUT2D eigenvalue weighted by molar-refractivity contribution is -0.121. The molecule has 0 bridgehead atoms. The summed E-state index contributed by atoms with van der Waals surface area (Å²) >= 11 is 0. The molecule has 2 aromatic rings. The van der Waals surface area contributed by atoms with Crippen LogP contribution in [0.4, 0.5) is 0 Å². The van der Waals surface area contributed by atoms with Crippen LogP contribution in [0.15, 0.2) is 30.3 Å². The van der Waals surface area contributed by atoms with Crippen molar-refractivity contribution >= 4 is 5.78 Å². The van der Waals surface area contributed by atoms with Crippen LogP contribution in [0.1, 0.15) is 68.1 Å². The Balaban J connectivity index is 1.65. The smallest absolute Gasteiger partial charge is 0.160 e. The second kappa shape index (κ2) is 10.9. The van der Waals surface area contributed by atoms with Crippen molar-refractivity contribution in [1.82, 2.24) is 0 Å². The Morgan fingerprint density at radius 3 is 2.36 bits per heavy atom. The zero-order valence-electron chi connectivity index (χ0n) is 19.1. The number of hydrogen-bond donors (Lipinski definition) is 5. The molecule has 0 unspecified atom stereocenters. The zero-order valence-corrected chi connectivity index (χ0v) is 19.1. The Bertz CT molecular complexity index is 963. The van der Waals surface area contributed by atoms with Crippen molar-refractivity contribution in [2.24, 2.45) is 0 Å². The number of phenolic OH excluding ortho intramolecular Hbond substituents is 3. The fourth-order valence-electron chi connectivity index (χ4n) is 5.05. The largest absolute Gasteiger partial charge is 0.504 e. The molecule has 7 nitrogen and oxygen atoms in total. The monoisotopic (exact) mass is 458 g/mol. The second-order valence-electron chi connectivity index (χ2n) is 9.10. The van der Waals surface area contributed by atoms with E-state index in [1.807, 2.05) is 0 Å². The van der Waals surface area contributed by atoms with Crippen LogP contribution in [0.25, 0.3) is 0 Å². The van der Waals surface area contributed by atoms with E-state index in [4.69, 9.17) is 4.74 Å². The van der Waals surface area contributed by atoms with Crippen molar-refractivity contribution in [3.8, 4) is 23.0 Å². The predicted octanol–water partition coefficient (Wildman–Crippen LogP) is 3.85. The minimum Gasteiger partial charge on any atom is -0.504 e. The molecular weight excluding hydrogens is 424 g/mol. The fraction of sp³-hybridized carbons (Fsp3) is 0.500. The quantitative estimate of drug-likeness (QED) is 0.342. The average molecular weight is 459 g/mol. The first-order valence-electron chi connectivity index (χ1n) is 11.5. The van der Waals surface area contributed by atoms with E-state index >= 15 is 0 Å². The Hall–Kier alpha value is -2.77. The Kier molecular flexibility index (Phi) is 8.21. The highest BCUT2D eigenvalue weighted by Gasteiger charge is 2.36. The highest BCUT2D eigenvalue weighted by atomic mass is 16.5. The van der Waals surface area contributed by atoms with Gasteiger partial charge in [-0.1, -0.05) is 25.3 Å². The third-order valence-corrected chi connectivity index (χ3v) is 6.83. The highest BCUT2D eigenvalue weighted by Crippen LogP contribution is 2.45. The molecule has 0 heterocycles. The molecule has 1 fully saturated rings. The number of aliphatic hydroxyl groups is 2. The number of aliphatic hydroxyl groups excluding tert-OH is 2. The molecule has 1 saturated carbocycles. The van der Waals surface area contributed by atoms with Gasteiger partial charge >= 0.3 is 0 Å². The molecule has 5 N–H and O–H groups in total. The lowest BCUT2D eigenvalue weighted by atomic mass is 9.66. The van der Waals surface area contributed by atoms with E-state index in [0.29, 0.717) is 18.4 Å². The second-order valence-corrected chi connectivity index (χ2v) is 9.10. The number of Topliss-reactive ketones (excluding diaryl/α,β-unsaturated/α-hetero) is 1. The van der Waals surface area contributed by atoms with Gasteiger partial charge < -0.3 is 30.3 Å². The van der Waals surface area contributed by atoms with Crippen LogP contribution < -0.4 is 4.74 Å². The summed E-state index contributed by atoms with van der Waals surface area (Å²) in [7, 11) is 1.44. The maximum absolute atomic E-state index is 12.7. The van der Waals surface area contributed by atoms with Gasteiger partial charge in [-0.25, -0.2) is 0 Å². The highest BCUT2D eigenvalue weighted by molar-refractivity contribution is 5.79. The molecule has 0 aromatic heterocycles. The van der Waals surface area contributed by atoms with Crippen LogP contribution in [0.2, 0.25) is 0 Å². The van der Waals surface area contributed by atoms with E-state index in [2.05, 4.69) is 0 Å². The van der Waals surface area contributed by atoms with Gasteiger partial charge in [0.15, 0.2) is 23.0 Å². The van der Waals surface area contributed by atoms with Gasteiger partial charge in [0.2, 0.25) is 0 Å². The molecule has 1 aliphatic carbocycles. The number of rotatable bonds is 10. The third-order valence-electron chi connectivity index (χ3n) is 6.83. The lowest BCUT2D eigenvalue weighted by Crippen LogP contribution is -2.34. The van der Waals surface area contributed by atoms with Gasteiger partial charge in [0.05, 0.1) is 19.8 Å².